The molecule has 170 valence electrons. The van der Waals surface area contributed by atoms with E-state index in [9.17, 15) is 13.2 Å². The number of carbonyl (C=O) groups excluding carboxylic acids is 1. The summed E-state index contributed by atoms with van der Waals surface area (Å²) in [6.07, 6.45) is 2.28. The van der Waals surface area contributed by atoms with E-state index < -0.39 is 10.0 Å². The lowest BCUT2D eigenvalue weighted by Crippen LogP contribution is -2.50. The van der Waals surface area contributed by atoms with Gasteiger partial charge in [0.15, 0.2) is 5.96 Å². The summed E-state index contributed by atoms with van der Waals surface area (Å²) in [4.78, 5) is 17.9. The molecule has 0 unspecified atom stereocenters. The van der Waals surface area contributed by atoms with Crippen molar-refractivity contribution in [2.75, 3.05) is 46.5 Å². The van der Waals surface area contributed by atoms with Crippen LogP contribution in [-0.4, -0.2) is 82.1 Å². The molecule has 0 spiro atoms. The third kappa shape index (κ3) is 7.69. The Labute approximate surface area is 197 Å². The highest BCUT2D eigenvalue weighted by atomic mass is 127. The van der Waals surface area contributed by atoms with Gasteiger partial charge in [0.1, 0.15) is 0 Å². The number of sulfonamides is 1. The second kappa shape index (κ2) is 12.5. The zero-order valence-electron chi connectivity index (χ0n) is 18.2. The first kappa shape index (κ1) is 26.6. The van der Waals surface area contributed by atoms with Crippen molar-refractivity contribution in [1.29, 1.82) is 0 Å². The van der Waals surface area contributed by atoms with Crippen molar-refractivity contribution in [2.45, 2.75) is 32.2 Å². The second-order valence-electron chi connectivity index (χ2n) is 7.37. The van der Waals surface area contributed by atoms with Crippen molar-refractivity contribution in [3.8, 4) is 0 Å². The summed E-state index contributed by atoms with van der Waals surface area (Å²) < 4.78 is 25.5. The van der Waals surface area contributed by atoms with Gasteiger partial charge in [-0.1, -0.05) is 12.1 Å². The number of carbonyl (C=O) groups is 1. The number of rotatable bonds is 7. The number of nitrogens with one attached hydrogen (secondary N) is 2. The molecule has 0 aliphatic carbocycles. The molecule has 0 bridgehead atoms. The van der Waals surface area contributed by atoms with E-state index in [1.54, 1.807) is 37.3 Å². The van der Waals surface area contributed by atoms with Crippen molar-refractivity contribution in [3.05, 3.63) is 35.4 Å². The van der Waals surface area contributed by atoms with Crippen LogP contribution < -0.4 is 10.6 Å². The smallest absolute Gasteiger partial charge is 0.253 e. The van der Waals surface area contributed by atoms with Crippen LogP contribution in [0.3, 0.4) is 0 Å². The third-order valence-electron chi connectivity index (χ3n) is 5.06. The minimum absolute atomic E-state index is 0. The summed E-state index contributed by atoms with van der Waals surface area (Å²) in [7, 11) is 2.11. The Kier molecular flexibility index (Phi) is 11.1. The SMILES string of the molecule is CCS(=O)(=O)N1CCC(NC(=NC)NCCc2cccc(C(=O)N(C)C)c2)CC1.I. The fourth-order valence-corrected chi connectivity index (χ4v) is 4.42. The molecule has 10 heteroatoms. The summed E-state index contributed by atoms with van der Waals surface area (Å²) in [5.41, 5.74) is 1.77. The molecule has 0 atom stereocenters. The maximum Gasteiger partial charge on any atom is 0.253 e. The lowest BCUT2D eigenvalue weighted by Gasteiger charge is -2.32. The van der Waals surface area contributed by atoms with Gasteiger partial charge in [-0.25, -0.2) is 12.7 Å². The second-order valence-corrected chi connectivity index (χ2v) is 9.62. The Morgan fingerprint density at radius 2 is 1.93 bits per heavy atom. The molecule has 0 radical (unpaired) electrons. The van der Waals surface area contributed by atoms with E-state index in [4.69, 9.17) is 0 Å². The van der Waals surface area contributed by atoms with Gasteiger partial charge in [0.25, 0.3) is 5.91 Å². The van der Waals surface area contributed by atoms with Gasteiger partial charge in [-0.15, -0.1) is 24.0 Å². The molecular weight excluding hydrogens is 517 g/mol. The Bertz CT molecular complexity index is 821. The van der Waals surface area contributed by atoms with Gasteiger partial charge in [0.05, 0.1) is 5.75 Å². The summed E-state index contributed by atoms with van der Waals surface area (Å²) in [5, 5.41) is 6.68. The quantitative estimate of drug-likeness (QED) is 0.305. The highest BCUT2D eigenvalue weighted by Crippen LogP contribution is 2.14. The normalized spacial score (nSPS) is 15.9. The lowest BCUT2D eigenvalue weighted by molar-refractivity contribution is 0.0827. The van der Waals surface area contributed by atoms with Crippen molar-refractivity contribution in [2.24, 2.45) is 4.99 Å². The number of aliphatic imine (C=N–C) groups is 1. The van der Waals surface area contributed by atoms with Gasteiger partial charge in [-0.2, -0.15) is 0 Å². The highest BCUT2D eigenvalue weighted by molar-refractivity contribution is 14.0. The van der Waals surface area contributed by atoms with Crippen LogP contribution in [-0.2, 0) is 16.4 Å². The predicted molar refractivity (Wildman–Crippen MR) is 132 cm³/mol. The Morgan fingerprint density at radius 1 is 1.27 bits per heavy atom. The lowest BCUT2D eigenvalue weighted by atomic mass is 10.1. The number of hydrogen-bond donors (Lipinski definition) is 2. The zero-order chi connectivity index (χ0) is 21.4. The molecule has 1 saturated heterocycles. The van der Waals surface area contributed by atoms with Crippen LogP contribution in [0.1, 0.15) is 35.7 Å². The topological polar surface area (TPSA) is 94.1 Å². The van der Waals surface area contributed by atoms with Gasteiger partial charge in [-0.05, 0) is 43.9 Å². The molecule has 1 heterocycles. The van der Waals surface area contributed by atoms with Crippen LogP contribution in [0.5, 0.6) is 0 Å². The molecular formula is C20H34IN5O3S. The zero-order valence-corrected chi connectivity index (χ0v) is 21.4. The van der Waals surface area contributed by atoms with E-state index in [0.29, 0.717) is 31.2 Å². The fourth-order valence-electron chi connectivity index (χ4n) is 3.29. The average molecular weight is 551 g/mol. The maximum absolute atomic E-state index is 12.1. The van der Waals surface area contributed by atoms with Crippen LogP contribution in [0.2, 0.25) is 0 Å². The minimum atomic E-state index is -3.11. The van der Waals surface area contributed by atoms with E-state index in [2.05, 4.69) is 15.6 Å². The summed E-state index contributed by atoms with van der Waals surface area (Å²) >= 11 is 0. The molecule has 1 aromatic carbocycles. The fraction of sp³-hybridized carbons (Fsp3) is 0.600. The first-order valence-corrected chi connectivity index (χ1v) is 11.6. The van der Waals surface area contributed by atoms with Gasteiger partial charge in [0.2, 0.25) is 10.0 Å². The van der Waals surface area contributed by atoms with Crippen molar-refractivity contribution in [1.82, 2.24) is 19.8 Å². The number of hydrogen-bond acceptors (Lipinski definition) is 4. The molecule has 2 N–H and O–H groups in total. The molecule has 0 aromatic heterocycles. The number of halogens is 1. The van der Waals surface area contributed by atoms with Crippen LogP contribution in [0.15, 0.2) is 29.3 Å². The van der Waals surface area contributed by atoms with Gasteiger partial charge < -0.3 is 15.5 Å². The maximum atomic E-state index is 12.1. The first-order valence-electron chi connectivity index (χ1n) is 10.0. The van der Waals surface area contributed by atoms with Crippen LogP contribution in [0, 0.1) is 0 Å². The number of amides is 1. The molecule has 1 aromatic rings. The first-order chi connectivity index (χ1) is 13.8. The summed E-state index contributed by atoms with van der Waals surface area (Å²) in [6, 6.07) is 7.85. The molecule has 1 aliphatic rings. The largest absolute Gasteiger partial charge is 0.356 e. The molecule has 1 aliphatic heterocycles. The van der Waals surface area contributed by atoms with E-state index in [1.807, 2.05) is 24.3 Å². The van der Waals surface area contributed by atoms with E-state index >= 15 is 0 Å². The van der Waals surface area contributed by atoms with Crippen molar-refractivity contribution in [3.63, 3.8) is 0 Å². The highest BCUT2D eigenvalue weighted by Gasteiger charge is 2.26. The minimum Gasteiger partial charge on any atom is -0.356 e. The van der Waals surface area contributed by atoms with Crippen LogP contribution in [0.25, 0.3) is 0 Å². The molecule has 8 nitrogen and oxygen atoms in total. The van der Waals surface area contributed by atoms with Gasteiger partial charge in [0, 0.05) is 52.4 Å². The molecule has 2 rings (SSSR count). The van der Waals surface area contributed by atoms with Crippen LogP contribution in [0.4, 0.5) is 0 Å². The Hall–Kier alpha value is -1.40. The van der Waals surface area contributed by atoms with E-state index in [0.717, 1.165) is 24.8 Å². The predicted octanol–water partition coefficient (Wildman–Crippen LogP) is 1.53. The molecule has 0 saturated carbocycles. The number of piperidine rings is 1. The average Bonchev–Trinajstić information content (AvgIpc) is 2.73. The number of benzene rings is 1. The monoisotopic (exact) mass is 551 g/mol. The van der Waals surface area contributed by atoms with E-state index in [1.165, 1.54) is 0 Å². The van der Waals surface area contributed by atoms with Gasteiger partial charge in [-0.3, -0.25) is 9.79 Å². The molecule has 1 amide bonds. The Balaban J connectivity index is 0.00000450. The number of guanidine groups is 1. The molecule has 1 fully saturated rings. The standard InChI is InChI=1S/C20H33N5O3S.HI/c1-5-29(27,28)25-13-10-18(11-14-25)23-20(21-2)22-12-9-16-7-6-8-17(15-16)19(26)24(3)4;/h6-8,15,18H,5,9-14H2,1-4H3,(H2,21,22,23);1H. The molecule has 30 heavy (non-hydrogen) atoms. The Morgan fingerprint density at radius 3 is 2.50 bits per heavy atom. The van der Waals surface area contributed by atoms with E-state index in [-0.39, 0.29) is 41.7 Å². The van der Waals surface area contributed by atoms with Crippen molar-refractivity contribution < 1.29 is 13.2 Å². The van der Waals surface area contributed by atoms with Gasteiger partial charge >= 0.3 is 0 Å². The third-order valence-corrected chi connectivity index (χ3v) is 6.94. The summed E-state index contributed by atoms with van der Waals surface area (Å²) in [6.45, 7) is 3.44. The van der Waals surface area contributed by atoms with Crippen molar-refractivity contribution >= 4 is 45.9 Å². The number of nitrogens with zero attached hydrogens (tertiary/aromatic N) is 3. The summed E-state index contributed by atoms with van der Waals surface area (Å²) in [5.74, 6) is 0.853. The van der Waals surface area contributed by atoms with Crippen LogP contribution >= 0.6 is 24.0 Å².